The third kappa shape index (κ3) is 33.2. The molecular formula is C24H48O3. The van der Waals surface area contributed by atoms with Crippen LogP contribution in [0.5, 0.6) is 0 Å². The average molecular weight is 385 g/mol. The molecule has 162 valence electrons. The summed E-state index contributed by atoms with van der Waals surface area (Å²) in [5.74, 6) is -0.159. The van der Waals surface area contributed by atoms with Crippen LogP contribution in [0, 0.1) is 0 Å². The van der Waals surface area contributed by atoms with Gasteiger partial charge in [0.2, 0.25) is 0 Å². The van der Waals surface area contributed by atoms with E-state index in [1.54, 1.807) is 0 Å². The Morgan fingerprint density at radius 3 is 1.52 bits per heavy atom. The third-order valence-electron chi connectivity index (χ3n) is 4.37. The van der Waals surface area contributed by atoms with Crippen LogP contribution in [0.4, 0.5) is 0 Å². The second-order valence-electron chi connectivity index (χ2n) is 7.06. The molecule has 0 spiro atoms. The number of hydrogen-bond acceptors (Lipinski definition) is 3. The molecule has 0 heterocycles. The molecule has 3 heteroatoms. The summed E-state index contributed by atoms with van der Waals surface area (Å²) in [6.07, 6.45) is 23.0. The van der Waals surface area contributed by atoms with E-state index < -0.39 is 0 Å². The number of hydrogen-bond donors (Lipinski definition) is 0. The Morgan fingerprint density at radius 1 is 0.667 bits per heavy atom. The first-order valence-electron chi connectivity index (χ1n) is 11.5. The summed E-state index contributed by atoms with van der Waals surface area (Å²) < 4.78 is 9.75. The fraction of sp³-hybridized carbons (Fsp3) is 0.875. The van der Waals surface area contributed by atoms with Crippen molar-refractivity contribution < 1.29 is 14.3 Å². The monoisotopic (exact) mass is 384 g/mol. The van der Waals surface area contributed by atoms with Gasteiger partial charge < -0.3 is 9.47 Å². The van der Waals surface area contributed by atoms with E-state index in [1.807, 2.05) is 13.8 Å². The minimum Gasteiger partial charge on any atom is -0.466 e. The standard InChI is InChI=1S/C20H38O2.C4H10O/c1-3-4-5-6-7-8-9-10-11-12-13-14-15-16-17-18-19-22-20(2)21;1-3-5-4-2/h10-11H,3-9,12-19H2,1-2H3;3-4H2,1-2H3/b11-10-;. The maximum atomic E-state index is 10.6. The maximum absolute atomic E-state index is 10.6. The lowest BCUT2D eigenvalue weighted by Gasteiger charge is -2.02. The highest BCUT2D eigenvalue weighted by atomic mass is 16.5. The van der Waals surface area contributed by atoms with Gasteiger partial charge in [0.25, 0.3) is 0 Å². The minimum atomic E-state index is -0.159. The zero-order valence-corrected chi connectivity index (χ0v) is 18.9. The van der Waals surface area contributed by atoms with Crippen molar-refractivity contribution in [1.29, 1.82) is 0 Å². The molecule has 0 atom stereocenters. The van der Waals surface area contributed by atoms with Gasteiger partial charge in [-0.25, -0.2) is 0 Å². The highest BCUT2D eigenvalue weighted by Gasteiger charge is 1.94. The summed E-state index contributed by atoms with van der Waals surface area (Å²) >= 11 is 0. The summed E-state index contributed by atoms with van der Waals surface area (Å²) in [7, 11) is 0. The molecule has 0 aliphatic heterocycles. The molecule has 0 saturated heterocycles. The molecule has 0 saturated carbocycles. The van der Waals surface area contributed by atoms with Gasteiger partial charge in [-0.3, -0.25) is 4.79 Å². The van der Waals surface area contributed by atoms with Gasteiger partial charge in [-0.15, -0.1) is 0 Å². The number of carbonyl (C=O) groups excluding carboxylic acids is 1. The Bertz CT molecular complexity index is 298. The molecule has 0 aromatic carbocycles. The first-order chi connectivity index (χ1) is 13.2. The van der Waals surface area contributed by atoms with Crippen molar-refractivity contribution in [3.63, 3.8) is 0 Å². The molecule has 0 aliphatic rings. The number of carbonyl (C=O) groups is 1. The van der Waals surface area contributed by atoms with Gasteiger partial charge in [-0.05, 0) is 46.0 Å². The molecule has 0 unspecified atom stereocenters. The van der Waals surface area contributed by atoms with E-state index in [0.29, 0.717) is 6.61 Å². The molecule has 3 nitrogen and oxygen atoms in total. The largest absolute Gasteiger partial charge is 0.466 e. The molecule has 0 aliphatic carbocycles. The second-order valence-corrected chi connectivity index (χ2v) is 7.06. The van der Waals surface area contributed by atoms with Crippen LogP contribution in [-0.4, -0.2) is 25.8 Å². The molecule has 0 aromatic rings. The molecule has 0 bridgehead atoms. The predicted molar refractivity (Wildman–Crippen MR) is 118 cm³/mol. The summed E-state index contributed by atoms with van der Waals surface area (Å²) in [5, 5.41) is 0. The fourth-order valence-corrected chi connectivity index (χ4v) is 2.77. The van der Waals surface area contributed by atoms with Crippen molar-refractivity contribution in [2.24, 2.45) is 0 Å². The fourth-order valence-electron chi connectivity index (χ4n) is 2.77. The van der Waals surface area contributed by atoms with Gasteiger partial charge in [0.15, 0.2) is 0 Å². The Balaban J connectivity index is 0. The maximum Gasteiger partial charge on any atom is 0.302 e. The van der Waals surface area contributed by atoms with Crippen LogP contribution in [0.15, 0.2) is 12.2 Å². The first kappa shape index (κ1) is 28.4. The Hall–Kier alpha value is -0.830. The van der Waals surface area contributed by atoms with E-state index in [0.717, 1.165) is 19.6 Å². The van der Waals surface area contributed by atoms with Gasteiger partial charge in [0, 0.05) is 20.1 Å². The highest BCUT2D eigenvalue weighted by molar-refractivity contribution is 5.65. The van der Waals surface area contributed by atoms with Crippen molar-refractivity contribution in [1.82, 2.24) is 0 Å². The predicted octanol–water partition coefficient (Wildman–Crippen LogP) is 7.63. The van der Waals surface area contributed by atoms with Crippen LogP contribution in [0.25, 0.3) is 0 Å². The lowest BCUT2D eigenvalue weighted by molar-refractivity contribution is -0.141. The van der Waals surface area contributed by atoms with Crippen LogP contribution in [-0.2, 0) is 14.3 Å². The van der Waals surface area contributed by atoms with Crippen LogP contribution >= 0.6 is 0 Å². The normalized spacial score (nSPS) is 10.7. The summed E-state index contributed by atoms with van der Waals surface area (Å²) in [6.45, 7) is 10.0. The van der Waals surface area contributed by atoms with Gasteiger partial charge in [0.05, 0.1) is 6.61 Å². The van der Waals surface area contributed by atoms with E-state index in [9.17, 15) is 4.79 Å². The third-order valence-corrected chi connectivity index (χ3v) is 4.37. The van der Waals surface area contributed by atoms with Gasteiger partial charge in [-0.1, -0.05) is 76.9 Å². The molecule has 0 amide bonds. The lowest BCUT2D eigenvalue weighted by Crippen LogP contribution is -1.99. The second kappa shape index (κ2) is 27.4. The lowest BCUT2D eigenvalue weighted by atomic mass is 10.1. The topological polar surface area (TPSA) is 35.5 Å². The molecule has 0 N–H and O–H groups in total. The van der Waals surface area contributed by atoms with Crippen LogP contribution in [0.3, 0.4) is 0 Å². The molecule has 0 aromatic heterocycles. The van der Waals surface area contributed by atoms with E-state index >= 15 is 0 Å². The molecule has 0 rings (SSSR count). The van der Waals surface area contributed by atoms with E-state index in [2.05, 4.69) is 19.1 Å². The molecular weight excluding hydrogens is 336 g/mol. The van der Waals surface area contributed by atoms with Crippen molar-refractivity contribution in [3.8, 4) is 0 Å². The van der Waals surface area contributed by atoms with Crippen LogP contribution in [0.2, 0.25) is 0 Å². The van der Waals surface area contributed by atoms with Crippen molar-refractivity contribution in [3.05, 3.63) is 12.2 Å². The zero-order chi connectivity index (χ0) is 20.4. The zero-order valence-electron chi connectivity index (χ0n) is 18.9. The Kier molecular flexibility index (Phi) is 28.8. The summed E-state index contributed by atoms with van der Waals surface area (Å²) in [6, 6.07) is 0. The number of rotatable bonds is 18. The highest BCUT2D eigenvalue weighted by Crippen LogP contribution is 2.09. The molecule has 0 fully saturated rings. The van der Waals surface area contributed by atoms with Crippen molar-refractivity contribution in [2.45, 2.75) is 118 Å². The number of esters is 1. The van der Waals surface area contributed by atoms with E-state index in [4.69, 9.17) is 9.47 Å². The van der Waals surface area contributed by atoms with E-state index in [-0.39, 0.29) is 5.97 Å². The smallest absolute Gasteiger partial charge is 0.302 e. The molecule has 0 radical (unpaired) electrons. The van der Waals surface area contributed by atoms with Crippen LogP contribution in [0.1, 0.15) is 118 Å². The summed E-state index contributed by atoms with van der Waals surface area (Å²) in [5.41, 5.74) is 0. The number of allylic oxidation sites excluding steroid dienone is 2. The van der Waals surface area contributed by atoms with Crippen LogP contribution < -0.4 is 0 Å². The minimum absolute atomic E-state index is 0.159. The van der Waals surface area contributed by atoms with Crippen molar-refractivity contribution in [2.75, 3.05) is 19.8 Å². The SMILES string of the molecule is CCCCCCCC/C=C\CCCCCCCCOC(C)=O.CCOCC. The first-order valence-corrected chi connectivity index (χ1v) is 11.5. The van der Waals surface area contributed by atoms with Gasteiger partial charge in [0.1, 0.15) is 0 Å². The quantitative estimate of drug-likeness (QED) is 0.138. The number of unbranched alkanes of at least 4 members (excludes halogenated alkanes) is 12. The summed E-state index contributed by atoms with van der Waals surface area (Å²) in [4.78, 5) is 10.6. The van der Waals surface area contributed by atoms with Crippen molar-refractivity contribution >= 4 is 5.97 Å². The van der Waals surface area contributed by atoms with Gasteiger partial charge in [-0.2, -0.15) is 0 Å². The number of ether oxygens (including phenoxy) is 2. The molecule has 27 heavy (non-hydrogen) atoms. The van der Waals surface area contributed by atoms with Gasteiger partial charge >= 0.3 is 5.97 Å². The Labute approximate surface area is 170 Å². The Morgan fingerprint density at radius 2 is 1.11 bits per heavy atom. The average Bonchev–Trinajstić information content (AvgIpc) is 2.65. The van der Waals surface area contributed by atoms with E-state index in [1.165, 1.54) is 90.4 Å².